The van der Waals surface area contributed by atoms with E-state index in [2.05, 4.69) is 5.32 Å². The maximum Gasteiger partial charge on any atom is 0.313 e. The summed E-state index contributed by atoms with van der Waals surface area (Å²) in [4.78, 5) is 11.4. The number of rotatable bonds is 1. The standard InChI is InChI=1S/C9H17NO3/c1-9(2,3)13-8(12)6-4-10-5-7(6)11/h6-7,10-11H,4-5H2,1-3H3/t6-,7+/m0/s1. The number of ether oxygens (including phenoxy) is 1. The van der Waals surface area contributed by atoms with E-state index in [1.807, 2.05) is 20.8 Å². The van der Waals surface area contributed by atoms with Gasteiger partial charge in [-0.2, -0.15) is 0 Å². The van der Waals surface area contributed by atoms with Crippen LogP contribution in [0.15, 0.2) is 0 Å². The van der Waals surface area contributed by atoms with Crippen molar-refractivity contribution < 1.29 is 14.6 Å². The molecule has 4 heteroatoms. The molecule has 0 aromatic heterocycles. The summed E-state index contributed by atoms with van der Waals surface area (Å²) in [6, 6.07) is 0. The Balaban J connectivity index is 2.48. The van der Waals surface area contributed by atoms with Gasteiger partial charge in [0.15, 0.2) is 0 Å². The van der Waals surface area contributed by atoms with E-state index in [4.69, 9.17) is 4.74 Å². The second kappa shape index (κ2) is 3.64. The Bertz CT molecular complexity index is 198. The molecule has 76 valence electrons. The molecule has 0 bridgehead atoms. The van der Waals surface area contributed by atoms with Crippen molar-refractivity contribution in [3.05, 3.63) is 0 Å². The molecule has 4 nitrogen and oxygen atoms in total. The van der Waals surface area contributed by atoms with Crippen molar-refractivity contribution in [2.24, 2.45) is 5.92 Å². The van der Waals surface area contributed by atoms with Gasteiger partial charge in [0.05, 0.1) is 12.0 Å². The van der Waals surface area contributed by atoms with Gasteiger partial charge in [-0.05, 0) is 20.8 Å². The van der Waals surface area contributed by atoms with E-state index in [0.717, 1.165) is 0 Å². The number of aliphatic hydroxyl groups excluding tert-OH is 1. The Morgan fingerprint density at radius 1 is 1.46 bits per heavy atom. The number of aliphatic hydroxyl groups is 1. The van der Waals surface area contributed by atoms with Gasteiger partial charge >= 0.3 is 5.97 Å². The van der Waals surface area contributed by atoms with Gasteiger partial charge in [-0.1, -0.05) is 0 Å². The topological polar surface area (TPSA) is 58.6 Å². The van der Waals surface area contributed by atoms with Crippen molar-refractivity contribution in [2.75, 3.05) is 13.1 Å². The second-order valence-corrected chi connectivity index (χ2v) is 4.37. The molecule has 0 unspecified atom stereocenters. The number of hydrogen-bond donors (Lipinski definition) is 2. The number of carbonyl (C=O) groups is 1. The summed E-state index contributed by atoms with van der Waals surface area (Å²) in [6.45, 7) is 6.44. The lowest BCUT2D eigenvalue weighted by Gasteiger charge is -2.22. The summed E-state index contributed by atoms with van der Waals surface area (Å²) >= 11 is 0. The molecule has 1 fully saturated rings. The summed E-state index contributed by atoms with van der Waals surface area (Å²) in [6.07, 6.45) is -0.602. The number of nitrogens with one attached hydrogen (secondary N) is 1. The Morgan fingerprint density at radius 3 is 2.46 bits per heavy atom. The molecule has 1 saturated heterocycles. The summed E-state index contributed by atoms with van der Waals surface area (Å²) in [5.41, 5.74) is -0.473. The average molecular weight is 187 g/mol. The predicted molar refractivity (Wildman–Crippen MR) is 48.2 cm³/mol. The van der Waals surface area contributed by atoms with Crippen LogP contribution in [-0.4, -0.2) is 35.9 Å². The largest absolute Gasteiger partial charge is 0.460 e. The molecule has 0 saturated carbocycles. The normalized spacial score (nSPS) is 28.9. The van der Waals surface area contributed by atoms with Gasteiger partial charge in [-0.25, -0.2) is 0 Å². The molecule has 0 spiro atoms. The van der Waals surface area contributed by atoms with Crippen LogP contribution in [0.1, 0.15) is 20.8 Å². The van der Waals surface area contributed by atoms with Gasteiger partial charge in [0, 0.05) is 13.1 Å². The van der Waals surface area contributed by atoms with E-state index < -0.39 is 17.6 Å². The highest BCUT2D eigenvalue weighted by atomic mass is 16.6. The molecule has 0 aliphatic carbocycles. The molecule has 1 heterocycles. The summed E-state index contributed by atoms with van der Waals surface area (Å²) < 4.78 is 5.15. The van der Waals surface area contributed by atoms with E-state index in [1.165, 1.54) is 0 Å². The van der Waals surface area contributed by atoms with Gasteiger partial charge in [-0.15, -0.1) is 0 Å². The molecular formula is C9H17NO3. The zero-order valence-electron chi connectivity index (χ0n) is 8.33. The Morgan fingerprint density at radius 2 is 2.08 bits per heavy atom. The Hall–Kier alpha value is -0.610. The van der Waals surface area contributed by atoms with E-state index in [-0.39, 0.29) is 5.97 Å². The minimum Gasteiger partial charge on any atom is -0.460 e. The first-order valence-corrected chi connectivity index (χ1v) is 4.52. The van der Waals surface area contributed by atoms with E-state index in [9.17, 15) is 9.90 Å². The van der Waals surface area contributed by atoms with Gasteiger partial charge < -0.3 is 15.2 Å². The molecular weight excluding hydrogens is 170 g/mol. The highest BCUT2D eigenvalue weighted by molar-refractivity contribution is 5.74. The van der Waals surface area contributed by atoms with Crippen LogP contribution in [0.2, 0.25) is 0 Å². The quantitative estimate of drug-likeness (QED) is 0.563. The summed E-state index contributed by atoms with van der Waals surface area (Å²) in [5.74, 6) is -0.718. The van der Waals surface area contributed by atoms with Crippen LogP contribution in [0.4, 0.5) is 0 Å². The first kappa shape index (κ1) is 10.5. The first-order valence-electron chi connectivity index (χ1n) is 4.52. The van der Waals surface area contributed by atoms with Gasteiger partial charge in [0.2, 0.25) is 0 Å². The van der Waals surface area contributed by atoms with Crippen molar-refractivity contribution in [1.82, 2.24) is 5.32 Å². The monoisotopic (exact) mass is 187 g/mol. The summed E-state index contributed by atoms with van der Waals surface area (Å²) in [5, 5.41) is 12.3. The van der Waals surface area contributed by atoms with Crippen LogP contribution in [0, 0.1) is 5.92 Å². The lowest BCUT2D eigenvalue weighted by molar-refractivity contribution is -0.162. The van der Waals surface area contributed by atoms with Crippen molar-refractivity contribution >= 4 is 5.97 Å². The van der Waals surface area contributed by atoms with E-state index in [0.29, 0.717) is 13.1 Å². The fraction of sp³-hybridized carbons (Fsp3) is 0.889. The molecule has 13 heavy (non-hydrogen) atoms. The molecule has 0 aromatic carbocycles. The molecule has 0 aromatic rings. The third-order valence-corrected chi connectivity index (χ3v) is 1.89. The van der Waals surface area contributed by atoms with Crippen LogP contribution >= 0.6 is 0 Å². The fourth-order valence-electron chi connectivity index (χ4n) is 1.28. The summed E-state index contributed by atoms with van der Waals surface area (Å²) in [7, 11) is 0. The van der Waals surface area contributed by atoms with Crippen LogP contribution in [0.3, 0.4) is 0 Å². The van der Waals surface area contributed by atoms with Crippen molar-refractivity contribution in [3.8, 4) is 0 Å². The number of hydrogen-bond acceptors (Lipinski definition) is 4. The highest BCUT2D eigenvalue weighted by Gasteiger charge is 2.34. The van der Waals surface area contributed by atoms with Crippen LogP contribution < -0.4 is 5.32 Å². The smallest absolute Gasteiger partial charge is 0.313 e. The Labute approximate surface area is 78.3 Å². The molecule has 2 atom stereocenters. The molecule has 0 amide bonds. The number of carbonyl (C=O) groups excluding carboxylic acids is 1. The number of β-amino-alcohol motifs (C(OH)–C–C–N with tert-alkyl or cyclic N) is 1. The van der Waals surface area contributed by atoms with Crippen LogP contribution in [-0.2, 0) is 9.53 Å². The molecule has 0 radical (unpaired) electrons. The zero-order valence-corrected chi connectivity index (χ0v) is 8.33. The van der Waals surface area contributed by atoms with Crippen LogP contribution in [0.25, 0.3) is 0 Å². The predicted octanol–water partition coefficient (Wildman–Crippen LogP) is -0.0916. The maximum absolute atomic E-state index is 11.4. The van der Waals surface area contributed by atoms with Crippen LogP contribution in [0.5, 0.6) is 0 Å². The minimum absolute atomic E-state index is 0.315. The third-order valence-electron chi connectivity index (χ3n) is 1.89. The van der Waals surface area contributed by atoms with Gasteiger partial charge in [0.25, 0.3) is 0 Å². The van der Waals surface area contributed by atoms with Gasteiger partial charge in [-0.3, -0.25) is 4.79 Å². The molecule has 2 N–H and O–H groups in total. The molecule has 1 rings (SSSR count). The van der Waals surface area contributed by atoms with Crippen molar-refractivity contribution in [2.45, 2.75) is 32.5 Å². The fourth-order valence-corrected chi connectivity index (χ4v) is 1.28. The lowest BCUT2D eigenvalue weighted by atomic mass is 10.1. The first-order chi connectivity index (χ1) is 5.90. The molecule has 1 aliphatic rings. The third kappa shape index (κ3) is 2.97. The second-order valence-electron chi connectivity index (χ2n) is 4.37. The highest BCUT2D eigenvalue weighted by Crippen LogP contribution is 2.16. The van der Waals surface area contributed by atoms with E-state index >= 15 is 0 Å². The van der Waals surface area contributed by atoms with Crippen molar-refractivity contribution in [3.63, 3.8) is 0 Å². The minimum atomic E-state index is -0.602. The SMILES string of the molecule is CC(C)(C)OC(=O)[C@H]1CNC[C@H]1O. The van der Waals surface area contributed by atoms with Gasteiger partial charge in [0.1, 0.15) is 5.60 Å². The number of esters is 1. The lowest BCUT2D eigenvalue weighted by Crippen LogP contribution is -2.34. The van der Waals surface area contributed by atoms with Crippen molar-refractivity contribution in [1.29, 1.82) is 0 Å². The Kier molecular flexibility index (Phi) is 2.93. The molecule has 1 aliphatic heterocycles. The zero-order chi connectivity index (χ0) is 10.1. The van der Waals surface area contributed by atoms with E-state index in [1.54, 1.807) is 0 Å². The maximum atomic E-state index is 11.4. The average Bonchev–Trinajstić information content (AvgIpc) is 2.30.